The van der Waals surface area contributed by atoms with Crippen LogP contribution in [-0.4, -0.2) is 40.6 Å². The van der Waals surface area contributed by atoms with Crippen molar-refractivity contribution in [1.29, 1.82) is 0 Å². The summed E-state index contributed by atoms with van der Waals surface area (Å²) < 4.78 is 3.05. The number of nitrogens with zero attached hydrogens (tertiary/aromatic N) is 5. The van der Waals surface area contributed by atoms with Crippen LogP contribution in [0.15, 0.2) is 58.4 Å². The standard InChI is InChI=1S/C21H23N5O3.2C2H6/c1-14(27)19(22-26(5)15-9-7-6-8-10-15)20(28)23(2)16-11-12-17-18(13-16)25(4)21(29)24(17)3;2*1-2/h6-13H,1-5H3;2*1-2H3/b22-19-;;. The molecular formula is C25H35N5O3. The molecule has 8 heteroatoms. The minimum absolute atomic E-state index is 0.151. The SMILES string of the molecule is CC.CC.CC(=O)/C(=N/N(C)c1ccccc1)C(=O)N(C)c1ccc2c(c1)n(C)c(=O)n2C. The molecule has 3 aromatic rings. The van der Waals surface area contributed by atoms with Crippen molar-refractivity contribution in [2.24, 2.45) is 19.2 Å². The molecule has 1 aromatic heterocycles. The number of hydrogen-bond acceptors (Lipinski definition) is 5. The van der Waals surface area contributed by atoms with Crippen molar-refractivity contribution in [1.82, 2.24) is 9.13 Å². The molecule has 0 unspecified atom stereocenters. The first kappa shape index (κ1) is 27.4. The molecule has 0 fully saturated rings. The van der Waals surface area contributed by atoms with Crippen LogP contribution in [0.1, 0.15) is 34.6 Å². The Balaban J connectivity index is 0.00000129. The number of para-hydroxylation sites is 1. The Hall–Kier alpha value is -3.68. The number of aryl methyl sites for hydroxylation is 2. The maximum Gasteiger partial charge on any atom is 0.328 e. The Labute approximate surface area is 195 Å². The predicted octanol–water partition coefficient (Wildman–Crippen LogP) is 3.97. The van der Waals surface area contributed by atoms with E-state index in [4.69, 9.17) is 0 Å². The summed E-state index contributed by atoms with van der Waals surface area (Å²) >= 11 is 0. The van der Waals surface area contributed by atoms with Gasteiger partial charge in [0.1, 0.15) is 0 Å². The average molecular weight is 454 g/mol. The summed E-state index contributed by atoms with van der Waals surface area (Å²) in [7, 11) is 6.62. The number of fused-ring (bicyclic) bond motifs is 1. The third-order valence-corrected chi connectivity index (χ3v) is 4.86. The van der Waals surface area contributed by atoms with E-state index in [1.165, 1.54) is 26.0 Å². The number of aromatic nitrogens is 2. The van der Waals surface area contributed by atoms with Crippen LogP contribution in [0.25, 0.3) is 11.0 Å². The van der Waals surface area contributed by atoms with E-state index in [2.05, 4.69) is 5.10 Å². The molecule has 0 radical (unpaired) electrons. The Morgan fingerprint density at radius 1 is 0.818 bits per heavy atom. The van der Waals surface area contributed by atoms with Gasteiger partial charge in [0.15, 0.2) is 11.5 Å². The zero-order chi connectivity index (χ0) is 25.3. The number of ketones is 1. The summed E-state index contributed by atoms with van der Waals surface area (Å²) in [6.07, 6.45) is 0. The van der Waals surface area contributed by atoms with E-state index in [0.29, 0.717) is 11.2 Å². The van der Waals surface area contributed by atoms with Gasteiger partial charge in [0.2, 0.25) is 0 Å². The van der Waals surface area contributed by atoms with E-state index in [0.717, 1.165) is 11.2 Å². The lowest BCUT2D eigenvalue weighted by Crippen LogP contribution is -2.38. The number of rotatable bonds is 5. The van der Waals surface area contributed by atoms with Gasteiger partial charge >= 0.3 is 5.69 Å². The summed E-state index contributed by atoms with van der Waals surface area (Å²) in [5, 5.41) is 5.73. The first-order valence-corrected chi connectivity index (χ1v) is 11.0. The van der Waals surface area contributed by atoms with Gasteiger partial charge in [-0.1, -0.05) is 45.9 Å². The molecule has 0 saturated carbocycles. The summed E-state index contributed by atoms with van der Waals surface area (Å²) in [5.41, 5.74) is 2.42. The maximum absolute atomic E-state index is 13.0. The number of hydrazone groups is 1. The van der Waals surface area contributed by atoms with Crippen LogP contribution in [-0.2, 0) is 23.7 Å². The molecule has 1 amide bonds. The van der Waals surface area contributed by atoms with Gasteiger partial charge < -0.3 is 4.90 Å². The van der Waals surface area contributed by atoms with Gasteiger partial charge in [0.25, 0.3) is 5.91 Å². The lowest BCUT2D eigenvalue weighted by Gasteiger charge is -2.20. The maximum atomic E-state index is 13.0. The second kappa shape index (κ2) is 12.4. The van der Waals surface area contributed by atoms with Gasteiger partial charge in [-0.05, 0) is 30.3 Å². The van der Waals surface area contributed by atoms with Crippen molar-refractivity contribution in [3.05, 3.63) is 59.0 Å². The zero-order valence-electron chi connectivity index (χ0n) is 21.1. The third-order valence-electron chi connectivity index (χ3n) is 4.86. The molecule has 0 saturated heterocycles. The summed E-state index contributed by atoms with van der Waals surface area (Å²) in [6, 6.07) is 14.5. The van der Waals surface area contributed by atoms with E-state index < -0.39 is 11.7 Å². The third kappa shape index (κ3) is 5.97. The van der Waals surface area contributed by atoms with Crippen LogP contribution >= 0.6 is 0 Å². The largest absolute Gasteiger partial charge is 0.328 e. The molecule has 0 aliphatic carbocycles. The molecule has 0 N–H and O–H groups in total. The van der Waals surface area contributed by atoms with Crippen molar-refractivity contribution in [3.8, 4) is 0 Å². The number of Topliss-reactive ketones (excluding diaryl/α,β-unsaturated/α-hetero) is 1. The number of hydrogen-bond donors (Lipinski definition) is 0. The van der Waals surface area contributed by atoms with Gasteiger partial charge in [-0.15, -0.1) is 0 Å². The average Bonchev–Trinajstić information content (AvgIpc) is 3.07. The van der Waals surface area contributed by atoms with Gasteiger partial charge in [0.05, 0.1) is 16.7 Å². The Kier molecular flexibility index (Phi) is 10.3. The summed E-state index contributed by atoms with van der Waals surface area (Å²) in [6.45, 7) is 9.31. The summed E-state index contributed by atoms with van der Waals surface area (Å²) in [4.78, 5) is 38.7. The smallest absolute Gasteiger partial charge is 0.310 e. The van der Waals surface area contributed by atoms with Crippen molar-refractivity contribution in [2.75, 3.05) is 24.0 Å². The molecule has 0 aliphatic heterocycles. The van der Waals surface area contributed by atoms with Gasteiger partial charge in [-0.3, -0.25) is 23.7 Å². The second-order valence-electron chi connectivity index (χ2n) is 6.80. The molecule has 178 valence electrons. The number of imidazole rings is 1. The van der Waals surface area contributed by atoms with Crippen LogP contribution in [0.3, 0.4) is 0 Å². The second-order valence-corrected chi connectivity index (χ2v) is 6.80. The lowest BCUT2D eigenvalue weighted by atomic mass is 10.2. The molecular weight excluding hydrogens is 418 g/mol. The Morgan fingerprint density at radius 2 is 1.36 bits per heavy atom. The summed E-state index contributed by atoms with van der Waals surface area (Å²) in [5.74, 6) is -0.960. The lowest BCUT2D eigenvalue weighted by molar-refractivity contribution is -0.115. The van der Waals surface area contributed by atoms with E-state index in [1.807, 2.05) is 58.0 Å². The first-order valence-electron chi connectivity index (χ1n) is 11.0. The molecule has 0 spiro atoms. The highest BCUT2D eigenvalue weighted by molar-refractivity contribution is 6.67. The molecule has 8 nitrogen and oxygen atoms in total. The van der Waals surface area contributed by atoms with Crippen molar-refractivity contribution in [2.45, 2.75) is 34.6 Å². The molecule has 2 aromatic carbocycles. The zero-order valence-corrected chi connectivity index (χ0v) is 21.1. The van der Waals surface area contributed by atoms with E-state index >= 15 is 0 Å². The van der Waals surface area contributed by atoms with Crippen molar-refractivity contribution < 1.29 is 9.59 Å². The Morgan fingerprint density at radius 3 is 1.91 bits per heavy atom. The van der Waals surface area contributed by atoms with Crippen molar-refractivity contribution in [3.63, 3.8) is 0 Å². The van der Waals surface area contributed by atoms with Crippen LogP contribution in [0, 0.1) is 0 Å². The number of anilines is 2. The van der Waals surface area contributed by atoms with E-state index in [1.54, 1.807) is 46.4 Å². The molecule has 0 atom stereocenters. The quantitative estimate of drug-likeness (QED) is 0.333. The highest BCUT2D eigenvalue weighted by Gasteiger charge is 2.24. The first-order chi connectivity index (χ1) is 15.7. The highest BCUT2D eigenvalue weighted by atomic mass is 16.2. The minimum atomic E-state index is -0.527. The van der Waals surface area contributed by atoms with Gasteiger partial charge in [-0.2, -0.15) is 5.10 Å². The van der Waals surface area contributed by atoms with Gasteiger partial charge in [0, 0.05) is 40.8 Å². The van der Waals surface area contributed by atoms with E-state index in [-0.39, 0.29) is 11.4 Å². The normalized spacial score (nSPS) is 10.5. The monoisotopic (exact) mass is 453 g/mol. The van der Waals surface area contributed by atoms with Gasteiger partial charge in [-0.25, -0.2) is 4.79 Å². The minimum Gasteiger partial charge on any atom is -0.310 e. The topological polar surface area (TPSA) is 79.9 Å². The van der Waals surface area contributed by atoms with Crippen LogP contribution in [0.5, 0.6) is 0 Å². The van der Waals surface area contributed by atoms with E-state index in [9.17, 15) is 14.4 Å². The predicted molar refractivity (Wildman–Crippen MR) is 137 cm³/mol. The fraction of sp³-hybridized carbons (Fsp3) is 0.360. The van der Waals surface area contributed by atoms with Crippen molar-refractivity contribution >= 4 is 39.8 Å². The number of carbonyl (C=O) groups excluding carboxylic acids is 2. The Bertz CT molecular complexity index is 1180. The van der Waals surface area contributed by atoms with Crippen LogP contribution in [0.2, 0.25) is 0 Å². The molecule has 33 heavy (non-hydrogen) atoms. The molecule has 1 heterocycles. The number of amides is 1. The molecule has 0 bridgehead atoms. The number of benzene rings is 2. The fourth-order valence-corrected chi connectivity index (χ4v) is 3.10. The van der Waals surface area contributed by atoms with Crippen LogP contribution in [0.4, 0.5) is 11.4 Å². The molecule has 0 aliphatic rings. The number of carbonyl (C=O) groups is 2. The van der Waals surface area contributed by atoms with Crippen LogP contribution < -0.4 is 15.6 Å². The highest BCUT2D eigenvalue weighted by Crippen LogP contribution is 2.21. The molecule has 3 rings (SSSR count). The fourth-order valence-electron chi connectivity index (χ4n) is 3.10.